The molecule has 28 heavy (non-hydrogen) atoms. The number of hydrogen-bond donors (Lipinski definition) is 1. The molecule has 1 N–H and O–H groups in total. The van der Waals surface area contributed by atoms with E-state index in [1.165, 1.54) is 18.2 Å². The molecule has 0 atom stereocenters. The summed E-state index contributed by atoms with van der Waals surface area (Å²) in [7, 11) is 0. The van der Waals surface area contributed by atoms with Gasteiger partial charge < -0.3 is 15.0 Å². The van der Waals surface area contributed by atoms with E-state index in [-0.39, 0.29) is 27.9 Å². The monoisotopic (exact) mass is 416 g/mol. The quantitative estimate of drug-likeness (QED) is 0.709. The van der Waals surface area contributed by atoms with Crippen LogP contribution in [0.15, 0.2) is 40.3 Å². The summed E-state index contributed by atoms with van der Waals surface area (Å²) in [5, 5.41) is 2.95. The van der Waals surface area contributed by atoms with Crippen LogP contribution in [0.2, 0.25) is 5.02 Å². The first kappa shape index (κ1) is 18.5. The van der Waals surface area contributed by atoms with Gasteiger partial charge in [0.15, 0.2) is 29.1 Å². The minimum Gasteiger partial charge on any atom is -0.403 e. The fraction of sp³-hybridized carbons (Fsp3) is 0.176. The number of amidine groups is 2. The SMILES string of the molecule is Fc1cc(NC2=Nc3cc(Cl)cc(F)c3N3CCN=C23)ccc1OC(F)(F)F. The first-order chi connectivity index (χ1) is 13.2. The molecule has 0 saturated carbocycles. The third-order valence-corrected chi connectivity index (χ3v) is 4.20. The van der Waals surface area contributed by atoms with Crippen LogP contribution in [0.5, 0.6) is 5.75 Å². The van der Waals surface area contributed by atoms with Crippen molar-refractivity contribution in [1.82, 2.24) is 0 Å². The van der Waals surface area contributed by atoms with Crippen LogP contribution >= 0.6 is 11.6 Å². The van der Waals surface area contributed by atoms with E-state index in [1.807, 2.05) is 0 Å². The Morgan fingerprint density at radius 2 is 1.89 bits per heavy atom. The molecule has 2 heterocycles. The number of ether oxygens (including phenoxy) is 1. The Bertz CT molecular complexity index is 1020. The lowest BCUT2D eigenvalue weighted by atomic mass is 10.2. The molecule has 2 aromatic rings. The highest BCUT2D eigenvalue weighted by Gasteiger charge is 2.34. The van der Waals surface area contributed by atoms with Gasteiger partial charge in [0.1, 0.15) is 5.69 Å². The van der Waals surface area contributed by atoms with Crippen molar-refractivity contribution < 1.29 is 26.7 Å². The standard InChI is InChI=1S/C17H10ClF5N4O/c18-8-5-11(20)14-12(6-8)26-15(16-24-3-4-27(14)16)25-9-1-2-13(10(19)7-9)28-17(21,22)23/h1-2,5-7H,3-4H2,(H,25,26). The molecule has 0 bridgehead atoms. The van der Waals surface area contributed by atoms with E-state index in [9.17, 15) is 22.0 Å². The number of benzene rings is 2. The highest BCUT2D eigenvalue weighted by molar-refractivity contribution is 6.51. The number of nitrogens with one attached hydrogen (secondary N) is 1. The molecule has 11 heteroatoms. The first-order valence-electron chi connectivity index (χ1n) is 7.94. The summed E-state index contributed by atoms with van der Waals surface area (Å²) in [4.78, 5) is 10.2. The largest absolute Gasteiger partial charge is 0.573 e. The van der Waals surface area contributed by atoms with Crippen molar-refractivity contribution in [2.75, 3.05) is 23.3 Å². The minimum absolute atomic E-state index is 0.117. The number of anilines is 2. The molecular formula is C17H10ClF5N4O. The average Bonchev–Trinajstić information content (AvgIpc) is 3.05. The third-order valence-electron chi connectivity index (χ3n) is 3.98. The minimum atomic E-state index is -5.00. The van der Waals surface area contributed by atoms with Crippen molar-refractivity contribution >= 4 is 40.3 Å². The van der Waals surface area contributed by atoms with Gasteiger partial charge in [-0.05, 0) is 24.3 Å². The predicted octanol–water partition coefficient (Wildman–Crippen LogP) is 4.89. The topological polar surface area (TPSA) is 49.2 Å². The van der Waals surface area contributed by atoms with Gasteiger partial charge in [0.2, 0.25) is 0 Å². The fourth-order valence-electron chi connectivity index (χ4n) is 2.95. The van der Waals surface area contributed by atoms with Crippen molar-refractivity contribution in [2.45, 2.75) is 6.36 Å². The van der Waals surface area contributed by atoms with E-state index >= 15 is 0 Å². The van der Waals surface area contributed by atoms with Gasteiger partial charge in [0.05, 0.1) is 12.2 Å². The van der Waals surface area contributed by atoms with E-state index in [2.05, 4.69) is 20.0 Å². The van der Waals surface area contributed by atoms with E-state index < -0.39 is 23.7 Å². The van der Waals surface area contributed by atoms with Gasteiger partial charge in [-0.15, -0.1) is 13.2 Å². The van der Waals surface area contributed by atoms with Crippen molar-refractivity contribution in [2.24, 2.45) is 9.98 Å². The van der Waals surface area contributed by atoms with Gasteiger partial charge in [0, 0.05) is 23.3 Å². The second-order valence-corrected chi connectivity index (χ2v) is 6.33. The zero-order chi connectivity index (χ0) is 20.1. The molecule has 0 fully saturated rings. The number of hydrogen-bond acceptors (Lipinski definition) is 5. The van der Waals surface area contributed by atoms with E-state index in [0.29, 0.717) is 18.9 Å². The Morgan fingerprint density at radius 1 is 1.11 bits per heavy atom. The third kappa shape index (κ3) is 3.47. The fourth-order valence-corrected chi connectivity index (χ4v) is 3.15. The van der Waals surface area contributed by atoms with Crippen molar-refractivity contribution in [3.05, 3.63) is 47.0 Å². The van der Waals surface area contributed by atoms with Crippen LogP contribution in [0.4, 0.5) is 39.0 Å². The average molecular weight is 417 g/mol. The lowest BCUT2D eigenvalue weighted by molar-refractivity contribution is -0.275. The summed E-state index contributed by atoms with van der Waals surface area (Å²) in [5.74, 6) is -2.19. The summed E-state index contributed by atoms with van der Waals surface area (Å²) in [6, 6.07) is 5.50. The van der Waals surface area contributed by atoms with Crippen LogP contribution in [0, 0.1) is 11.6 Å². The van der Waals surface area contributed by atoms with Gasteiger partial charge in [-0.1, -0.05) is 11.6 Å². The van der Waals surface area contributed by atoms with Crippen LogP contribution < -0.4 is 15.0 Å². The molecule has 5 nitrogen and oxygen atoms in total. The molecule has 0 saturated heterocycles. The van der Waals surface area contributed by atoms with Gasteiger partial charge in [-0.3, -0.25) is 4.99 Å². The Kier molecular flexibility index (Phi) is 4.37. The highest BCUT2D eigenvalue weighted by Crippen LogP contribution is 2.39. The van der Waals surface area contributed by atoms with Crippen molar-refractivity contribution in [1.29, 1.82) is 0 Å². The molecule has 0 aliphatic carbocycles. The number of rotatable bonds is 2. The van der Waals surface area contributed by atoms with Crippen LogP contribution in [0.3, 0.4) is 0 Å². The Hall–Kier alpha value is -2.88. The highest BCUT2D eigenvalue weighted by atomic mass is 35.5. The van der Waals surface area contributed by atoms with Crippen LogP contribution in [-0.4, -0.2) is 31.1 Å². The molecule has 2 aliphatic heterocycles. The zero-order valence-electron chi connectivity index (χ0n) is 13.8. The smallest absolute Gasteiger partial charge is 0.403 e. The van der Waals surface area contributed by atoms with E-state index in [4.69, 9.17) is 11.6 Å². The molecule has 4 rings (SSSR count). The maximum Gasteiger partial charge on any atom is 0.573 e. The normalized spacial score (nSPS) is 15.6. The molecule has 0 aromatic heterocycles. The second-order valence-electron chi connectivity index (χ2n) is 5.89. The lowest BCUT2D eigenvalue weighted by Gasteiger charge is -2.28. The van der Waals surface area contributed by atoms with E-state index in [1.54, 1.807) is 4.90 Å². The molecule has 2 aliphatic rings. The van der Waals surface area contributed by atoms with Crippen LogP contribution in [-0.2, 0) is 0 Å². The summed E-state index contributed by atoms with van der Waals surface area (Å²) >= 11 is 5.89. The Morgan fingerprint density at radius 3 is 2.61 bits per heavy atom. The predicted molar refractivity (Wildman–Crippen MR) is 94.9 cm³/mol. The van der Waals surface area contributed by atoms with Crippen molar-refractivity contribution in [3.63, 3.8) is 0 Å². The maximum absolute atomic E-state index is 14.3. The van der Waals surface area contributed by atoms with Gasteiger partial charge >= 0.3 is 6.36 Å². The van der Waals surface area contributed by atoms with Crippen LogP contribution in [0.25, 0.3) is 0 Å². The molecular weight excluding hydrogens is 407 g/mol. The number of fused-ring (bicyclic) bond motifs is 3. The van der Waals surface area contributed by atoms with Gasteiger partial charge in [0.25, 0.3) is 0 Å². The lowest BCUT2D eigenvalue weighted by Crippen LogP contribution is -2.40. The molecule has 0 radical (unpaired) electrons. The second kappa shape index (κ2) is 6.62. The summed E-state index contributed by atoms with van der Waals surface area (Å²) in [6.07, 6.45) is -5.00. The number of alkyl halides is 3. The summed E-state index contributed by atoms with van der Waals surface area (Å²) < 4.78 is 68.6. The van der Waals surface area contributed by atoms with Crippen LogP contribution in [0.1, 0.15) is 0 Å². The summed E-state index contributed by atoms with van der Waals surface area (Å²) in [6.45, 7) is 0.804. The van der Waals surface area contributed by atoms with Crippen molar-refractivity contribution in [3.8, 4) is 5.75 Å². The number of halogens is 6. The number of nitrogens with zero attached hydrogens (tertiary/aromatic N) is 3. The van der Waals surface area contributed by atoms with E-state index in [0.717, 1.165) is 12.1 Å². The van der Waals surface area contributed by atoms with Gasteiger partial charge in [-0.2, -0.15) is 0 Å². The van der Waals surface area contributed by atoms with Gasteiger partial charge in [-0.25, -0.2) is 13.8 Å². The molecule has 0 amide bonds. The molecule has 2 aromatic carbocycles. The number of aliphatic imine (C=N–C) groups is 2. The summed E-state index contributed by atoms with van der Waals surface area (Å²) in [5.41, 5.74) is 0.600. The molecule has 0 unspecified atom stereocenters. The molecule has 0 spiro atoms. The first-order valence-corrected chi connectivity index (χ1v) is 8.31. The maximum atomic E-state index is 14.3. The molecule has 146 valence electrons. The Labute approximate surface area is 160 Å². The zero-order valence-corrected chi connectivity index (χ0v) is 14.6. The Balaban J connectivity index is 1.68.